The molecule has 0 aliphatic heterocycles. The van der Waals surface area contributed by atoms with E-state index in [1.54, 1.807) is 0 Å². The fraction of sp³-hybridized carbons (Fsp3) is 0.769. The fourth-order valence-corrected chi connectivity index (χ4v) is 1.86. The van der Waals surface area contributed by atoms with Gasteiger partial charge in [-0.2, -0.15) is 26.7 Å². The van der Waals surface area contributed by atoms with Gasteiger partial charge in [-0.25, -0.2) is 0 Å². The first kappa shape index (κ1) is 16.8. The molecule has 0 bridgehead atoms. The highest BCUT2D eigenvalue weighted by atomic mass is 32.2. The molecule has 0 aromatic carbocycles. The minimum Gasteiger partial charge on any atom is -0.463 e. The largest absolute Gasteiger partial charge is 0.463 e. The molecule has 0 aliphatic rings. The smallest absolute Gasteiger partial charge is 0.323 e. The van der Waals surface area contributed by atoms with E-state index in [0.717, 1.165) is 38.1 Å². The maximum atomic E-state index is 5.50. The van der Waals surface area contributed by atoms with Crippen molar-refractivity contribution in [3.05, 3.63) is 0 Å². The quantitative estimate of drug-likeness (QED) is 0.609. The number of nitrogens with zero attached hydrogens (tertiary/aromatic N) is 3. The fourth-order valence-electron chi connectivity index (χ4n) is 1.43. The normalized spacial score (nSPS) is 10.3. The molecular formula is C13H25N5OS. The molecule has 1 aromatic rings. The molecule has 114 valence electrons. The van der Waals surface area contributed by atoms with Gasteiger partial charge in [0.2, 0.25) is 11.9 Å². The molecular weight excluding hydrogens is 274 g/mol. The van der Waals surface area contributed by atoms with Crippen LogP contribution < -0.4 is 15.4 Å². The molecule has 1 aromatic heterocycles. The van der Waals surface area contributed by atoms with Crippen LogP contribution in [-0.2, 0) is 0 Å². The minimum atomic E-state index is 0.382. The van der Waals surface area contributed by atoms with Gasteiger partial charge in [0.05, 0.1) is 6.61 Å². The number of thioether (sulfide) groups is 1. The van der Waals surface area contributed by atoms with Crippen molar-refractivity contribution >= 4 is 23.7 Å². The molecule has 0 unspecified atom stereocenters. The summed E-state index contributed by atoms with van der Waals surface area (Å²) in [6.45, 7) is 6.46. The predicted molar refractivity (Wildman–Crippen MR) is 85.9 cm³/mol. The molecule has 0 spiro atoms. The van der Waals surface area contributed by atoms with Crippen LogP contribution in [0.3, 0.4) is 0 Å². The van der Waals surface area contributed by atoms with Gasteiger partial charge in [0, 0.05) is 13.1 Å². The highest BCUT2D eigenvalue weighted by Crippen LogP contribution is 2.11. The molecule has 0 radical (unpaired) electrons. The minimum absolute atomic E-state index is 0.382. The lowest BCUT2D eigenvalue weighted by atomic mass is 10.5. The van der Waals surface area contributed by atoms with E-state index in [9.17, 15) is 0 Å². The Morgan fingerprint density at radius 3 is 2.30 bits per heavy atom. The molecule has 2 N–H and O–H groups in total. The van der Waals surface area contributed by atoms with Crippen LogP contribution in [0.2, 0.25) is 0 Å². The van der Waals surface area contributed by atoms with Gasteiger partial charge in [-0.15, -0.1) is 0 Å². The molecule has 0 aliphatic carbocycles. The Morgan fingerprint density at radius 1 is 1.00 bits per heavy atom. The van der Waals surface area contributed by atoms with Crippen molar-refractivity contribution in [3.63, 3.8) is 0 Å². The summed E-state index contributed by atoms with van der Waals surface area (Å²) in [5, 5.41) is 6.38. The van der Waals surface area contributed by atoms with Crippen molar-refractivity contribution in [1.29, 1.82) is 0 Å². The monoisotopic (exact) mass is 299 g/mol. The second-order valence-corrected chi connectivity index (χ2v) is 5.30. The van der Waals surface area contributed by atoms with E-state index >= 15 is 0 Å². The molecule has 1 rings (SSSR count). The van der Waals surface area contributed by atoms with E-state index in [1.807, 2.05) is 11.8 Å². The molecule has 7 heteroatoms. The summed E-state index contributed by atoms with van der Waals surface area (Å²) < 4.78 is 5.50. The van der Waals surface area contributed by atoms with E-state index < -0.39 is 0 Å². The van der Waals surface area contributed by atoms with Crippen LogP contribution in [-0.4, -0.2) is 46.7 Å². The van der Waals surface area contributed by atoms with Crippen molar-refractivity contribution in [2.45, 2.75) is 33.1 Å². The number of aromatic nitrogens is 3. The molecule has 0 amide bonds. The molecule has 0 atom stereocenters. The zero-order chi connectivity index (χ0) is 14.6. The van der Waals surface area contributed by atoms with Gasteiger partial charge in [-0.05, 0) is 31.3 Å². The van der Waals surface area contributed by atoms with Gasteiger partial charge in [-0.1, -0.05) is 13.8 Å². The molecule has 1 heterocycles. The lowest BCUT2D eigenvalue weighted by Crippen LogP contribution is -2.12. The zero-order valence-corrected chi connectivity index (χ0v) is 13.4. The Hall–Kier alpha value is -1.24. The van der Waals surface area contributed by atoms with E-state index in [0.29, 0.717) is 24.5 Å². The average molecular weight is 299 g/mol. The Morgan fingerprint density at radius 2 is 1.70 bits per heavy atom. The standard InChI is InChI=1S/C13H25N5OS/c1-4-7-14-11-16-12(15-8-6-10-20-3)18-13(17-11)19-9-5-2/h4-10H2,1-3H3,(H2,14,15,16,17,18). The van der Waals surface area contributed by atoms with Gasteiger partial charge < -0.3 is 15.4 Å². The average Bonchev–Trinajstić information content (AvgIpc) is 2.47. The van der Waals surface area contributed by atoms with E-state index in [-0.39, 0.29) is 0 Å². The van der Waals surface area contributed by atoms with Crippen LogP contribution in [0.25, 0.3) is 0 Å². The third-order valence-electron chi connectivity index (χ3n) is 2.39. The Balaban J connectivity index is 2.64. The first-order valence-electron chi connectivity index (χ1n) is 7.15. The van der Waals surface area contributed by atoms with Crippen LogP contribution in [0.15, 0.2) is 0 Å². The third-order valence-corrected chi connectivity index (χ3v) is 3.09. The van der Waals surface area contributed by atoms with Crippen molar-refractivity contribution in [2.75, 3.05) is 42.3 Å². The molecule has 6 nitrogen and oxygen atoms in total. The van der Waals surface area contributed by atoms with Crippen LogP contribution in [0.4, 0.5) is 11.9 Å². The number of rotatable bonds is 11. The van der Waals surface area contributed by atoms with Crippen molar-refractivity contribution in [1.82, 2.24) is 15.0 Å². The Bertz CT molecular complexity index is 352. The van der Waals surface area contributed by atoms with Crippen LogP contribution in [0.5, 0.6) is 6.01 Å². The Kier molecular flexibility index (Phi) is 8.86. The number of ether oxygens (including phenoxy) is 1. The maximum Gasteiger partial charge on any atom is 0.323 e. The van der Waals surface area contributed by atoms with Crippen LogP contribution in [0, 0.1) is 0 Å². The third kappa shape index (κ3) is 6.79. The maximum absolute atomic E-state index is 5.50. The highest BCUT2D eigenvalue weighted by molar-refractivity contribution is 7.98. The highest BCUT2D eigenvalue weighted by Gasteiger charge is 2.06. The summed E-state index contributed by atoms with van der Waals surface area (Å²) in [6.07, 6.45) is 5.13. The second-order valence-electron chi connectivity index (χ2n) is 4.31. The topological polar surface area (TPSA) is 72.0 Å². The van der Waals surface area contributed by atoms with Gasteiger partial charge in [-0.3, -0.25) is 0 Å². The molecule has 0 fully saturated rings. The molecule has 0 saturated heterocycles. The first-order valence-corrected chi connectivity index (χ1v) is 8.55. The number of nitrogens with one attached hydrogen (secondary N) is 2. The summed E-state index contributed by atoms with van der Waals surface area (Å²) in [4.78, 5) is 12.9. The molecule has 20 heavy (non-hydrogen) atoms. The van der Waals surface area contributed by atoms with Crippen LogP contribution in [0.1, 0.15) is 33.1 Å². The zero-order valence-electron chi connectivity index (χ0n) is 12.6. The van der Waals surface area contributed by atoms with Gasteiger partial charge in [0.1, 0.15) is 0 Å². The summed E-state index contributed by atoms with van der Waals surface area (Å²) in [5.41, 5.74) is 0. The van der Waals surface area contributed by atoms with Gasteiger partial charge in [0.15, 0.2) is 0 Å². The van der Waals surface area contributed by atoms with Gasteiger partial charge >= 0.3 is 6.01 Å². The predicted octanol–water partition coefficient (Wildman–Crippen LogP) is 2.65. The van der Waals surface area contributed by atoms with Crippen LogP contribution >= 0.6 is 11.8 Å². The number of anilines is 2. The second kappa shape index (κ2) is 10.5. The summed E-state index contributed by atoms with van der Waals surface area (Å²) in [6, 6.07) is 0.382. The van der Waals surface area contributed by atoms with E-state index in [1.165, 1.54) is 0 Å². The number of hydrogen-bond acceptors (Lipinski definition) is 7. The van der Waals surface area contributed by atoms with Crippen molar-refractivity contribution in [2.24, 2.45) is 0 Å². The molecule has 0 saturated carbocycles. The Labute approximate surface area is 125 Å². The lowest BCUT2D eigenvalue weighted by Gasteiger charge is -2.10. The summed E-state index contributed by atoms with van der Waals surface area (Å²) in [5.74, 6) is 2.27. The summed E-state index contributed by atoms with van der Waals surface area (Å²) in [7, 11) is 0. The SMILES string of the molecule is CCCNc1nc(NCCCSC)nc(OCCC)n1. The number of hydrogen-bond donors (Lipinski definition) is 2. The van der Waals surface area contributed by atoms with Crippen molar-refractivity contribution in [3.8, 4) is 6.01 Å². The summed E-state index contributed by atoms with van der Waals surface area (Å²) >= 11 is 1.84. The van der Waals surface area contributed by atoms with E-state index in [4.69, 9.17) is 4.74 Å². The first-order chi connectivity index (χ1) is 9.80. The lowest BCUT2D eigenvalue weighted by molar-refractivity contribution is 0.292. The van der Waals surface area contributed by atoms with Crippen molar-refractivity contribution < 1.29 is 4.74 Å². The van der Waals surface area contributed by atoms with Gasteiger partial charge in [0.25, 0.3) is 0 Å². The van der Waals surface area contributed by atoms with E-state index in [2.05, 4.69) is 45.7 Å².